The third-order valence-electron chi connectivity index (χ3n) is 4.07. The molecule has 0 spiro atoms. The summed E-state index contributed by atoms with van der Waals surface area (Å²) >= 11 is 0. The van der Waals surface area contributed by atoms with Gasteiger partial charge in [0.25, 0.3) is 0 Å². The summed E-state index contributed by atoms with van der Waals surface area (Å²) in [6, 6.07) is 0. The van der Waals surface area contributed by atoms with E-state index in [0.29, 0.717) is 12.0 Å². The normalized spacial score (nSPS) is 16.6. The van der Waals surface area contributed by atoms with Gasteiger partial charge in [-0.1, -0.05) is 13.8 Å². The fourth-order valence-electron chi connectivity index (χ4n) is 2.73. The third-order valence-corrected chi connectivity index (χ3v) is 4.07. The van der Waals surface area contributed by atoms with Crippen LogP contribution < -0.4 is 10.2 Å². The van der Waals surface area contributed by atoms with Gasteiger partial charge in [-0.15, -0.1) is 0 Å². The van der Waals surface area contributed by atoms with Gasteiger partial charge in [-0.3, -0.25) is 0 Å². The van der Waals surface area contributed by atoms with Gasteiger partial charge in [0, 0.05) is 38.2 Å². The first-order chi connectivity index (χ1) is 10.1. The lowest BCUT2D eigenvalue weighted by Gasteiger charge is -2.33. The molecule has 0 unspecified atom stereocenters. The van der Waals surface area contributed by atoms with Crippen LogP contribution in [0, 0.1) is 6.92 Å². The van der Waals surface area contributed by atoms with Gasteiger partial charge < -0.3 is 15.0 Å². The number of nitrogens with zero attached hydrogens (tertiary/aromatic N) is 3. The van der Waals surface area contributed by atoms with Crippen molar-refractivity contribution in [2.75, 3.05) is 37.0 Å². The van der Waals surface area contributed by atoms with E-state index in [2.05, 4.69) is 42.9 Å². The van der Waals surface area contributed by atoms with Crippen LogP contribution >= 0.6 is 0 Å². The van der Waals surface area contributed by atoms with Crippen molar-refractivity contribution in [2.45, 2.75) is 52.6 Å². The summed E-state index contributed by atoms with van der Waals surface area (Å²) in [6.45, 7) is 11.4. The van der Waals surface area contributed by atoms with E-state index in [1.165, 1.54) is 0 Å². The average molecular weight is 292 g/mol. The van der Waals surface area contributed by atoms with Gasteiger partial charge >= 0.3 is 0 Å². The first-order valence-corrected chi connectivity index (χ1v) is 7.96. The molecule has 0 bridgehead atoms. The summed E-state index contributed by atoms with van der Waals surface area (Å²) in [5.41, 5.74) is 1.15. The predicted molar refractivity (Wildman–Crippen MR) is 87.3 cm³/mol. The van der Waals surface area contributed by atoms with Crippen LogP contribution in [0.4, 0.5) is 11.6 Å². The number of ether oxygens (including phenoxy) is 1. The van der Waals surface area contributed by atoms with E-state index in [9.17, 15) is 0 Å². The Kier molecular flexibility index (Phi) is 5.39. The summed E-state index contributed by atoms with van der Waals surface area (Å²) in [5.74, 6) is 3.30. The smallest absolute Gasteiger partial charge is 0.137 e. The highest BCUT2D eigenvalue weighted by atomic mass is 16.5. The number of aromatic nitrogens is 2. The molecule has 1 aromatic rings. The van der Waals surface area contributed by atoms with Crippen molar-refractivity contribution in [1.82, 2.24) is 9.97 Å². The molecule has 2 heterocycles. The van der Waals surface area contributed by atoms with Crippen LogP contribution in [-0.4, -0.2) is 42.8 Å². The van der Waals surface area contributed by atoms with Crippen LogP contribution in [-0.2, 0) is 4.74 Å². The van der Waals surface area contributed by atoms with Crippen molar-refractivity contribution in [3.8, 4) is 0 Å². The van der Waals surface area contributed by atoms with Gasteiger partial charge in [0.05, 0.1) is 6.10 Å². The number of methoxy groups -OCH3 is 1. The SMILES string of the molecule is CCNc1nc(C(C)C)nc(N2CCC(OC)CC2)c1C. The summed E-state index contributed by atoms with van der Waals surface area (Å²) in [5, 5.41) is 3.37. The van der Waals surface area contributed by atoms with Crippen molar-refractivity contribution in [3.63, 3.8) is 0 Å². The number of anilines is 2. The Morgan fingerprint density at radius 1 is 1.29 bits per heavy atom. The second-order valence-corrected chi connectivity index (χ2v) is 5.99. The molecular formula is C16H28N4O. The topological polar surface area (TPSA) is 50.3 Å². The van der Waals surface area contributed by atoms with Crippen LogP contribution in [0.2, 0.25) is 0 Å². The minimum absolute atomic E-state index is 0.332. The van der Waals surface area contributed by atoms with Gasteiger partial charge in [-0.05, 0) is 26.7 Å². The second-order valence-electron chi connectivity index (χ2n) is 5.99. The molecule has 5 heteroatoms. The molecule has 118 valence electrons. The van der Waals surface area contributed by atoms with E-state index in [1.807, 2.05) is 0 Å². The fraction of sp³-hybridized carbons (Fsp3) is 0.750. The van der Waals surface area contributed by atoms with Crippen LogP contribution in [0.1, 0.15) is 50.9 Å². The van der Waals surface area contributed by atoms with Crippen molar-refractivity contribution < 1.29 is 4.74 Å². The Bertz CT molecular complexity index is 468. The quantitative estimate of drug-likeness (QED) is 0.904. The molecule has 0 aromatic carbocycles. The highest BCUT2D eigenvalue weighted by Gasteiger charge is 2.23. The van der Waals surface area contributed by atoms with E-state index in [0.717, 1.165) is 55.5 Å². The zero-order valence-corrected chi connectivity index (χ0v) is 13.9. The van der Waals surface area contributed by atoms with Gasteiger partial charge in [-0.2, -0.15) is 0 Å². The van der Waals surface area contributed by atoms with Crippen LogP contribution in [0.5, 0.6) is 0 Å². The molecule has 1 N–H and O–H groups in total. The Morgan fingerprint density at radius 3 is 2.48 bits per heavy atom. The Morgan fingerprint density at radius 2 is 1.95 bits per heavy atom. The zero-order chi connectivity index (χ0) is 15.4. The monoisotopic (exact) mass is 292 g/mol. The molecule has 1 aromatic heterocycles. The average Bonchev–Trinajstić information content (AvgIpc) is 2.49. The molecule has 1 aliphatic rings. The fourth-order valence-corrected chi connectivity index (χ4v) is 2.73. The van der Waals surface area contributed by atoms with Crippen LogP contribution in [0.25, 0.3) is 0 Å². The first-order valence-electron chi connectivity index (χ1n) is 7.96. The highest BCUT2D eigenvalue weighted by molar-refractivity contribution is 5.59. The maximum atomic E-state index is 5.46. The number of hydrogen-bond donors (Lipinski definition) is 1. The summed E-state index contributed by atoms with van der Waals surface area (Å²) in [4.78, 5) is 11.9. The Hall–Kier alpha value is -1.36. The molecule has 2 rings (SSSR count). The largest absolute Gasteiger partial charge is 0.381 e. The lowest BCUT2D eigenvalue weighted by Crippen LogP contribution is -2.37. The van der Waals surface area contributed by atoms with Crippen molar-refractivity contribution >= 4 is 11.6 Å². The molecule has 5 nitrogen and oxygen atoms in total. The molecule has 0 aliphatic carbocycles. The van der Waals surface area contributed by atoms with Gasteiger partial charge in [0.2, 0.25) is 0 Å². The van der Waals surface area contributed by atoms with E-state index in [1.54, 1.807) is 7.11 Å². The third kappa shape index (κ3) is 3.64. The summed E-state index contributed by atoms with van der Waals surface area (Å²) in [7, 11) is 1.80. The Labute approximate surface area is 128 Å². The van der Waals surface area contributed by atoms with Gasteiger partial charge in [-0.25, -0.2) is 9.97 Å². The van der Waals surface area contributed by atoms with Crippen LogP contribution in [0.15, 0.2) is 0 Å². The number of nitrogens with one attached hydrogen (secondary N) is 1. The molecule has 1 fully saturated rings. The first kappa shape index (κ1) is 16.0. The number of hydrogen-bond acceptors (Lipinski definition) is 5. The number of rotatable bonds is 5. The van der Waals surface area contributed by atoms with E-state index in [4.69, 9.17) is 9.72 Å². The highest BCUT2D eigenvalue weighted by Crippen LogP contribution is 2.28. The van der Waals surface area contributed by atoms with Gasteiger partial charge in [0.15, 0.2) is 0 Å². The minimum atomic E-state index is 0.332. The molecule has 0 amide bonds. The molecule has 0 atom stereocenters. The maximum Gasteiger partial charge on any atom is 0.137 e. The lowest BCUT2D eigenvalue weighted by atomic mass is 10.1. The van der Waals surface area contributed by atoms with Crippen molar-refractivity contribution in [1.29, 1.82) is 0 Å². The summed E-state index contributed by atoms with van der Waals surface area (Å²) < 4.78 is 5.46. The Balaban J connectivity index is 2.29. The summed E-state index contributed by atoms with van der Waals surface area (Å²) in [6.07, 6.45) is 2.52. The molecule has 21 heavy (non-hydrogen) atoms. The predicted octanol–water partition coefficient (Wildman–Crippen LogP) is 2.96. The van der Waals surface area contributed by atoms with E-state index < -0.39 is 0 Å². The van der Waals surface area contributed by atoms with Gasteiger partial charge in [0.1, 0.15) is 17.5 Å². The lowest BCUT2D eigenvalue weighted by molar-refractivity contribution is 0.0817. The molecular weight excluding hydrogens is 264 g/mol. The maximum absolute atomic E-state index is 5.46. The van der Waals surface area contributed by atoms with E-state index in [-0.39, 0.29) is 0 Å². The number of piperidine rings is 1. The zero-order valence-electron chi connectivity index (χ0n) is 13.9. The van der Waals surface area contributed by atoms with E-state index >= 15 is 0 Å². The molecule has 1 saturated heterocycles. The van der Waals surface area contributed by atoms with Crippen molar-refractivity contribution in [2.24, 2.45) is 0 Å². The second kappa shape index (κ2) is 7.07. The molecule has 0 radical (unpaired) electrons. The van der Waals surface area contributed by atoms with Crippen LogP contribution in [0.3, 0.4) is 0 Å². The minimum Gasteiger partial charge on any atom is -0.381 e. The van der Waals surface area contributed by atoms with Crippen molar-refractivity contribution in [3.05, 3.63) is 11.4 Å². The standard InChI is InChI=1S/C16H28N4O/c1-6-17-15-12(4)16(19-14(18-15)11(2)3)20-9-7-13(21-5)8-10-20/h11,13H,6-10H2,1-5H3,(H,17,18,19). The molecule has 1 aliphatic heterocycles. The molecule has 0 saturated carbocycles.